The topological polar surface area (TPSA) is 67.7 Å². The minimum Gasteiger partial charge on any atom is -0.353 e. The summed E-state index contributed by atoms with van der Waals surface area (Å²) in [5.41, 5.74) is 10.9. The second-order valence-corrected chi connectivity index (χ2v) is 19.8. The van der Waals surface area contributed by atoms with Crippen molar-refractivity contribution >= 4 is 22.6 Å². The van der Waals surface area contributed by atoms with E-state index in [1.54, 1.807) is 0 Å². The molecule has 2 bridgehead atoms. The molecule has 8 aromatic carbocycles. The Bertz CT molecular complexity index is 3200. The number of pyridine rings is 1. The van der Waals surface area contributed by atoms with Gasteiger partial charge in [0.2, 0.25) is 0 Å². The van der Waals surface area contributed by atoms with E-state index < -0.39 is 11.1 Å². The van der Waals surface area contributed by atoms with Crippen molar-refractivity contribution in [3.63, 3.8) is 0 Å². The summed E-state index contributed by atoms with van der Waals surface area (Å²) in [5, 5.41) is 18.9. The van der Waals surface area contributed by atoms with Crippen molar-refractivity contribution in [3.05, 3.63) is 305 Å². The van der Waals surface area contributed by atoms with Crippen LogP contribution in [0, 0.1) is 0 Å². The van der Waals surface area contributed by atoms with Gasteiger partial charge in [-0.1, -0.05) is 254 Å². The molecular formula is C66H58N6. The van der Waals surface area contributed by atoms with E-state index in [4.69, 9.17) is 15.3 Å². The number of anilines is 1. The highest BCUT2D eigenvalue weighted by atomic mass is 15.5. The summed E-state index contributed by atoms with van der Waals surface area (Å²) in [6.45, 7) is 0.702. The van der Waals surface area contributed by atoms with Crippen molar-refractivity contribution < 1.29 is 0 Å². The lowest BCUT2D eigenvalue weighted by Crippen LogP contribution is -2.56. The predicted octanol–water partition coefficient (Wildman–Crippen LogP) is 14.1. The van der Waals surface area contributed by atoms with Gasteiger partial charge in [0.25, 0.3) is 0 Å². The lowest BCUT2D eigenvalue weighted by atomic mass is 9.55. The van der Waals surface area contributed by atoms with Crippen LogP contribution in [-0.4, -0.2) is 32.1 Å². The van der Waals surface area contributed by atoms with E-state index in [-0.39, 0.29) is 11.0 Å². The molecule has 3 saturated carbocycles. The lowest BCUT2D eigenvalue weighted by Gasteiger charge is -2.54. The number of hydrogen-bond acceptors (Lipinski definition) is 5. The van der Waals surface area contributed by atoms with Crippen molar-refractivity contribution in [2.75, 3.05) is 11.9 Å². The second kappa shape index (κ2) is 19.2. The van der Waals surface area contributed by atoms with E-state index >= 15 is 0 Å². The van der Waals surface area contributed by atoms with E-state index in [0.29, 0.717) is 23.5 Å². The third kappa shape index (κ3) is 7.93. The van der Waals surface area contributed by atoms with Gasteiger partial charge in [0.15, 0.2) is 5.65 Å². The average Bonchev–Trinajstić information content (AvgIpc) is 3.90. The Hall–Kier alpha value is -8.19. The summed E-state index contributed by atoms with van der Waals surface area (Å²) >= 11 is 0. The summed E-state index contributed by atoms with van der Waals surface area (Å²) < 4.78 is 2.08. The van der Waals surface area contributed by atoms with Crippen LogP contribution in [0.3, 0.4) is 0 Å². The zero-order chi connectivity index (χ0) is 48.3. The Balaban J connectivity index is 1.09. The van der Waals surface area contributed by atoms with Crippen molar-refractivity contribution in [1.29, 1.82) is 0 Å². The molecule has 3 fully saturated rings. The number of benzene rings is 8. The summed E-state index contributed by atoms with van der Waals surface area (Å²) in [6, 6.07) is 88.6. The molecule has 0 radical (unpaired) electrons. The minimum atomic E-state index is -0.967. The molecule has 0 unspecified atom stereocenters. The first-order chi connectivity index (χ1) is 35.6. The average molecular weight is 935 g/mol. The predicted molar refractivity (Wildman–Crippen MR) is 293 cm³/mol. The maximum Gasteiger partial charge on any atom is 0.182 e. The molecule has 0 atom stereocenters. The summed E-state index contributed by atoms with van der Waals surface area (Å²) in [6.07, 6.45) is 9.52. The van der Waals surface area contributed by atoms with Crippen LogP contribution in [0.15, 0.2) is 255 Å². The molecule has 0 aliphatic heterocycles. The molecule has 0 amide bonds. The molecule has 13 rings (SSSR count). The fraction of sp³-hybridized carbons (Fsp3) is 0.167. The summed E-state index contributed by atoms with van der Waals surface area (Å²) in [7, 11) is 0. The van der Waals surface area contributed by atoms with Gasteiger partial charge in [-0.2, -0.15) is 0 Å². The van der Waals surface area contributed by atoms with Gasteiger partial charge < -0.3 is 10.6 Å². The van der Waals surface area contributed by atoms with Crippen LogP contribution in [0.25, 0.3) is 16.7 Å². The van der Waals surface area contributed by atoms with E-state index in [1.807, 2.05) is 0 Å². The Kier molecular flexibility index (Phi) is 12.0. The fourth-order valence-corrected chi connectivity index (χ4v) is 12.3. The highest BCUT2D eigenvalue weighted by Gasteiger charge is 2.49. The molecule has 6 heteroatoms. The van der Waals surface area contributed by atoms with Crippen LogP contribution in [0.5, 0.6) is 0 Å². The molecule has 0 spiro atoms. The fourth-order valence-electron chi connectivity index (χ4n) is 12.3. The standard InChI is InChI=1S/C66H58N6/c1-9-25-50(26-10-1)58(41-48-67-64-45-42-63(43-46-64,44-47-64)51-27-11-2-12-28-51)59-49-60(69-65(52-29-13-3-14-30-52,53-31-15-4-16-32-53)54-33-17-5-18-34-54)68-62-61(59)70-71-72(62)66(55-35-19-6-20-36-55,56-37-21-7-22-38-56)57-39-23-8-24-40-57/h1-41,49,67H,42-48H2,(H,68,69)/b58-41-. The maximum atomic E-state index is 5.77. The Morgan fingerprint density at radius 1 is 0.486 bits per heavy atom. The zero-order valence-corrected chi connectivity index (χ0v) is 40.5. The van der Waals surface area contributed by atoms with E-state index in [0.717, 1.165) is 50.1 Å². The summed E-state index contributed by atoms with van der Waals surface area (Å²) in [5.74, 6) is 0.686. The van der Waals surface area contributed by atoms with E-state index in [1.165, 1.54) is 44.1 Å². The Labute approximate surface area is 423 Å². The number of hydrogen-bond donors (Lipinski definition) is 2. The first-order valence-electron chi connectivity index (χ1n) is 25.6. The number of rotatable bonds is 15. The SMILES string of the molecule is C(/CNC12CCC(c3ccccc3)(CC1)CC2)=C(\c1ccccc1)c1cc(NC(c2ccccc2)(c2ccccc2)c2ccccc2)nc2c1nnn2C(c1ccccc1)(c1ccccc1)c1ccccc1. The van der Waals surface area contributed by atoms with Crippen molar-refractivity contribution in [1.82, 2.24) is 25.3 Å². The molecule has 10 aromatic rings. The molecule has 3 aliphatic carbocycles. The van der Waals surface area contributed by atoms with Crippen LogP contribution in [0.1, 0.15) is 88.6 Å². The Morgan fingerprint density at radius 3 is 1.33 bits per heavy atom. The number of aromatic nitrogens is 4. The van der Waals surface area contributed by atoms with Gasteiger partial charge >= 0.3 is 0 Å². The van der Waals surface area contributed by atoms with Crippen LogP contribution in [0.2, 0.25) is 0 Å². The van der Waals surface area contributed by atoms with E-state index in [2.05, 4.69) is 270 Å². The molecule has 3 aliphatic rings. The molecule has 2 aromatic heterocycles. The smallest absolute Gasteiger partial charge is 0.182 e. The van der Waals surface area contributed by atoms with Crippen molar-refractivity contribution in [3.8, 4) is 0 Å². The van der Waals surface area contributed by atoms with Crippen LogP contribution >= 0.6 is 0 Å². The third-order valence-electron chi connectivity index (χ3n) is 16.0. The maximum absolute atomic E-state index is 5.77. The highest BCUT2D eigenvalue weighted by molar-refractivity contribution is 5.94. The largest absolute Gasteiger partial charge is 0.353 e. The van der Waals surface area contributed by atoms with Crippen molar-refractivity contribution in [2.24, 2.45) is 0 Å². The normalized spacial score (nSPS) is 18.0. The second-order valence-electron chi connectivity index (χ2n) is 19.8. The number of nitrogens with zero attached hydrogens (tertiary/aromatic N) is 4. The van der Waals surface area contributed by atoms with Gasteiger partial charge in [0.05, 0.1) is 0 Å². The number of fused-ring (bicyclic) bond motifs is 4. The zero-order valence-electron chi connectivity index (χ0n) is 40.5. The molecular weight excluding hydrogens is 877 g/mol. The molecule has 2 heterocycles. The van der Waals surface area contributed by atoms with Gasteiger partial charge in [-0.3, -0.25) is 0 Å². The van der Waals surface area contributed by atoms with Crippen LogP contribution in [0.4, 0.5) is 5.82 Å². The van der Waals surface area contributed by atoms with Crippen LogP contribution in [-0.2, 0) is 16.5 Å². The van der Waals surface area contributed by atoms with Gasteiger partial charge in [-0.15, -0.1) is 5.10 Å². The molecule has 6 nitrogen and oxygen atoms in total. The highest BCUT2D eigenvalue weighted by Crippen LogP contribution is 2.54. The van der Waals surface area contributed by atoms with Gasteiger partial charge in [0.1, 0.15) is 22.4 Å². The van der Waals surface area contributed by atoms with Gasteiger partial charge in [-0.25, -0.2) is 9.67 Å². The first-order valence-corrected chi connectivity index (χ1v) is 25.6. The first kappa shape index (κ1) is 45.0. The Morgan fingerprint density at radius 2 is 0.889 bits per heavy atom. The molecule has 352 valence electrons. The number of nitrogens with one attached hydrogen (secondary N) is 2. The lowest BCUT2D eigenvalue weighted by molar-refractivity contribution is 0.0802. The monoisotopic (exact) mass is 934 g/mol. The third-order valence-corrected chi connectivity index (χ3v) is 16.0. The van der Waals surface area contributed by atoms with Crippen LogP contribution < -0.4 is 10.6 Å². The molecule has 72 heavy (non-hydrogen) atoms. The summed E-state index contributed by atoms with van der Waals surface area (Å²) in [4.78, 5) is 5.77. The van der Waals surface area contributed by atoms with Crippen molar-refractivity contribution in [2.45, 2.75) is 60.6 Å². The van der Waals surface area contributed by atoms with Gasteiger partial charge in [-0.05, 0) is 100 Å². The van der Waals surface area contributed by atoms with E-state index in [9.17, 15) is 0 Å². The molecule has 2 N–H and O–H groups in total. The molecule has 0 saturated heterocycles. The van der Waals surface area contributed by atoms with Gasteiger partial charge in [0, 0.05) is 17.6 Å². The minimum absolute atomic E-state index is 0.0968. The quantitative estimate of drug-likeness (QED) is 0.100.